The van der Waals surface area contributed by atoms with Crippen LogP contribution in [0.15, 0.2) is 12.1 Å². The lowest BCUT2D eigenvalue weighted by molar-refractivity contribution is -0.384. The predicted molar refractivity (Wildman–Crippen MR) is 69.5 cm³/mol. The number of amides is 1. The van der Waals surface area contributed by atoms with Crippen LogP contribution in [0.5, 0.6) is 5.75 Å². The Morgan fingerprint density at radius 2 is 2.00 bits per heavy atom. The van der Waals surface area contributed by atoms with Gasteiger partial charge in [-0.05, 0) is 20.8 Å². The zero-order chi connectivity index (χ0) is 15.5. The number of nitrogens with one attached hydrogen (secondary N) is 1. The number of methoxy groups -OCH3 is 1. The molecule has 0 spiro atoms. The molecule has 0 radical (unpaired) electrons. The molecule has 0 unspecified atom stereocenters. The van der Waals surface area contributed by atoms with Crippen LogP contribution >= 0.6 is 0 Å². The first-order chi connectivity index (χ1) is 9.14. The first-order valence-corrected chi connectivity index (χ1v) is 5.66. The van der Waals surface area contributed by atoms with Gasteiger partial charge >= 0.3 is 6.09 Å². The Morgan fingerprint density at radius 3 is 2.45 bits per heavy atom. The number of nitrogens with zero attached hydrogens (tertiary/aromatic N) is 1. The van der Waals surface area contributed by atoms with Crippen molar-refractivity contribution in [3.05, 3.63) is 28.1 Å². The maximum atomic E-state index is 13.4. The molecule has 8 heteroatoms. The van der Waals surface area contributed by atoms with Crippen molar-refractivity contribution >= 4 is 17.5 Å². The van der Waals surface area contributed by atoms with Gasteiger partial charge in [0.05, 0.1) is 18.1 Å². The van der Waals surface area contributed by atoms with Gasteiger partial charge in [-0.1, -0.05) is 0 Å². The number of benzene rings is 1. The molecule has 0 aliphatic carbocycles. The van der Waals surface area contributed by atoms with Gasteiger partial charge < -0.3 is 9.47 Å². The molecule has 110 valence electrons. The van der Waals surface area contributed by atoms with E-state index in [1.807, 2.05) is 0 Å². The molecule has 1 amide bonds. The van der Waals surface area contributed by atoms with E-state index in [1.165, 1.54) is 7.11 Å². The van der Waals surface area contributed by atoms with Crippen molar-refractivity contribution in [2.75, 3.05) is 12.4 Å². The lowest BCUT2D eigenvalue weighted by atomic mass is 10.2. The molecule has 1 N–H and O–H groups in total. The van der Waals surface area contributed by atoms with Gasteiger partial charge in [0.15, 0.2) is 11.6 Å². The number of halogens is 1. The lowest BCUT2D eigenvalue weighted by Crippen LogP contribution is -2.27. The van der Waals surface area contributed by atoms with Crippen molar-refractivity contribution in [3.8, 4) is 5.75 Å². The number of anilines is 1. The summed E-state index contributed by atoms with van der Waals surface area (Å²) in [4.78, 5) is 21.6. The van der Waals surface area contributed by atoms with Crippen molar-refractivity contribution in [1.82, 2.24) is 0 Å². The maximum Gasteiger partial charge on any atom is 0.412 e. The van der Waals surface area contributed by atoms with E-state index in [0.29, 0.717) is 6.07 Å². The van der Waals surface area contributed by atoms with E-state index in [0.717, 1.165) is 6.07 Å². The molecule has 1 aromatic carbocycles. The van der Waals surface area contributed by atoms with Crippen LogP contribution in [0.1, 0.15) is 20.8 Å². The van der Waals surface area contributed by atoms with E-state index in [-0.39, 0.29) is 11.4 Å². The molecule has 1 rings (SSSR count). The monoisotopic (exact) mass is 286 g/mol. The fraction of sp³-hybridized carbons (Fsp3) is 0.417. The molecule has 0 aliphatic heterocycles. The number of hydrogen-bond donors (Lipinski definition) is 1. The molecule has 0 saturated heterocycles. The Balaban J connectivity index is 3.09. The Hall–Kier alpha value is -2.38. The van der Waals surface area contributed by atoms with Crippen LogP contribution in [-0.2, 0) is 4.74 Å². The molecule has 0 heterocycles. The standard InChI is InChI=1S/C12H15FN2O5/c1-12(2,3)20-11(16)14-8-6-10(19-4)7(13)5-9(8)15(17)18/h5-6H,1-4H3,(H,14,16). The van der Waals surface area contributed by atoms with Crippen LogP contribution in [0.2, 0.25) is 0 Å². The summed E-state index contributed by atoms with van der Waals surface area (Å²) in [7, 11) is 1.21. The van der Waals surface area contributed by atoms with Crippen molar-refractivity contribution in [2.24, 2.45) is 0 Å². The summed E-state index contributed by atoms with van der Waals surface area (Å²) in [5.74, 6) is -1.12. The Bertz CT molecular complexity index is 539. The number of rotatable bonds is 3. The quantitative estimate of drug-likeness (QED) is 0.681. The number of hydrogen-bond acceptors (Lipinski definition) is 5. The van der Waals surface area contributed by atoms with Gasteiger partial charge in [-0.2, -0.15) is 0 Å². The van der Waals surface area contributed by atoms with Crippen molar-refractivity contribution in [1.29, 1.82) is 0 Å². The van der Waals surface area contributed by atoms with E-state index < -0.39 is 28.1 Å². The average molecular weight is 286 g/mol. The van der Waals surface area contributed by atoms with Crippen LogP contribution in [0.3, 0.4) is 0 Å². The van der Waals surface area contributed by atoms with Crippen molar-refractivity contribution < 1.29 is 23.6 Å². The topological polar surface area (TPSA) is 90.7 Å². The number of carbonyl (C=O) groups excluding carboxylic acids is 1. The van der Waals surface area contributed by atoms with Crippen molar-refractivity contribution in [3.63, 3.8) is 0 Å². The van der Waals surface area contributed by atoms with E-state index in [1.54, 1.807) is 20.8 Å². The molecule has 20 heavy (non-hydrogen) atoms. The second kappa shape index (κ2) is 5.72. The Kier molecular flexibility index (Phi) is 4.49. The SMILES string of the molecule is COc1cc(NC(=O)OC(C)(C)C)c([N+](=O)[O-])cc1F. The summed E-state index contributed by atoms with van der Waals surface area (Å²) < 4.78 is 23.1. The lowest BCUT2D eigenvalue weighted by Gasteiger charge is -2.19. The highest BCUT2D eigenvalue weighted by Gasteiger charge is 2.23. The zero-order valence-corrected chi connectivity index (χ0v) is 11.5. The van der Waals surface area contributed by atoms with Crippen LogP contribution in [0.25, 0.3) is 0 Å². The smallest absolute Gasteiger partial charge is 0.412 e. The minimum atomic E-state index is -0.895. The number of ether oxygens (including phenoxy) is 2. The number of nitro groups is 1. The minimum absolute atomic E-state index is 0.206. The molecule has 0 saturated carbocycles. The van der Waals surface area contributed by atoms with E-state index in [2.05, 4.69) is 5.32 Å². The van der Waals surface area contributed by atoms with Gasteiger partial charge in [0.2, 0.25) is 0 Å². The van der Waals surface area contributed by atoms with Gasteiger partial charge in [0, 0.05) is 6.07 Å². The van der Waals surface area contributed by atoms with Gasteiger partial charge in [0.1, 0.15) is 11.3 Å². The molecule has 0 fully saturated rings. The minimum Gasteiger partial charge on any atom is -0.494 e. The molecule has 0 aliphatic rings. The first kappa shape index (κ1) is 15.7. The predicted octanol–water partition coefficient (Wildman–Crippen LogP) is 3.09. The molecule has 7 nitrogen and oxygen atoms in total. The van der Waals surface area contributed by atoms with Crippen LogP contribution < -0.4 is 10.1 Å². The van der Waals surface area contributed by atoms with Gasteiger partial charge in [0.25, 0.3) is 5.69 Å². The van der Waals surface area contributed by atoms with Gasteiger partial charge in [-0.3, -0.25) is 15.4 Å². The van der Waals surface area contributed by atoms with Gasteiger partial charge in [-0.15, -0.1) is 0 Å². The third kappa shape index (κ3) is 4.08. The third-order valence-electron chi connectivity index (χ3n) is 2.10. The molecular formula is C12H15FN2O5. The summed E-state index contributed by atoms with van der Waals surface area (Å²) in [6.45, 7) is 4.94. The van der Waals surface area contributed by atoms with Crippen LogP contribution in [-0.4, -0.2) is 23.7 Å². The fourth-order valence-corrected chi connectivity index (χ4v) is 1.36. The molecule has 0 aromatic heterocycles. The van der Waals surface area contributed by atoms with E-state index >= 15 is 0 Å². The highest BCUT2D eigenvalue weighted by molar-refractivity contribution is 5.88. The normalized spacial score (nSPS) is 10.8. The second-order valence-electron chi connectivity index (χ2n) is 4.89. The van der Waals surface area contributed by atoms with E-state index in [9.17, 15) is 19.3 Å². The maximum absolute atomic E-state index is 13.4. The highest BCUT2D eigenvalue weighted by Crippen LogP contribution is 2.32. The van der Waals surface area contributed by atoms with Crippen LogP contribution in [0.4, 0.5) is 20.6 Å². The zero-order valence-electron chi connectivity index (χ0n) is 11.5. The second-order valence-corrected chi connectivity index (χ2v) is 4.89. The molecular weight excluding hydrogens is 271 g/mol. The Labute approximate surface area is 114 Å². The highest BCUT2D eigenvalue weighted by atomic mass is 19.1. The van der Waals surface area contributed by atoms with Crippen molar-refractivity contribution in [2.45, 2.75) is 26.4 Å². The fourth-order valence-electron chi connectivity index (χ4n) is 1.36. The average Bonchev–Trinajstić information content (AvgIpc) is 2.28. The summed E-state index contributed by atoms with van der Waals surface area (Å²) in [6.07, 6.45) is -0.880. The van der Waals surface area contributed by atoms with Crippen LogP contribution in [0, 0.1) is 15.9 Å². The first-order valence-electron chi connectivity index (χ1n) is 5.66. The molecule has 0 bridgehead atoms. The summed E-state index contributed by atoms with van der Waals surface area (Å²) in [5, 5.41) is 13.0. The summed E-state index contributed by atoms with van der Waals surface area (Å²) in [6, 6.07) is 1.70. The number of nitro benzene ring substituents is 1. The summed E-state index contributed by atoms with van der Waals surface area (Å²) in [5.41, 5.74) is -1.56. The Morgan fingerprint density at radius 1 is 1.40 bits per heavy atom. The summed E-state index contributed by atoms with van der Waals surface area (Å²) >= 11 is 0. The molecule has 0 atom stereocenters. The van der Waals surface area contributed by atoms with Gasteiger partial charge in [-0.25, -0.2) is 9.18 Å². The van der Waals surface area contributed by atoms with E-state index in [4.69, 9.17) is 9.47 Å². The third-order valence-corrected chi connectivity index (χ3v) is 2.10. The largest absolute Gasteiger partial charge is 0.494 e. The molecule has 1 aromatic rings. The number of carbonyl (C=O) groups is 1.